The Morgan fingerprint density at radius 2 is 1.87 bits per heavy atom. The Morgan fingerprint density at radius 3 is 2.35 bits per heavy atom. The van der Waals surface area contributed by atoms with Gasteiger partial charge in [0, 0.05) is 17.9 Å². The first-order valence-electron chi connectivity index (χ1n) is 6.57. The molecule has 0 radical (unpaired) electrons. The molecule has 7 heteroatoms. The number of benzene rings is 1. The molecule has 0 saturated heterocycles. The molecule has 0 fully saturated rings. The van der Waals surface area contributed by atoms with Gasteiger partial charge in [-0.2, -0.15) is 0 Å². The second-order valence-corrected chi connectivity index (χ2v) is 5.65. The van der Waals surface area contributed by atoms with Gasteiger partial charge in [0.2, 0.25) is 0 Å². The second kappa shape index (κ2) is 8.80. The number of esters is 2. The van der Waals surface area contributed by atoms with Gasteiger partial charge in [0.1, 0.15) is 5.75 Å². The summed E-state index contributed by atoms with van der Waals surface area (Å²) in [5.41, 5.74) is -1.12. The molecule has 1 aromatic rings. The molecule has 0 saturated carbocycles. The number of rotatable bonds is 5. The van der Waals surface area contributed by atoms with Crippen molar-refractivity contribution in [2.24, 2.45) is 5.41 Å². The molecule has 0 aromatic heterocycles. The molecular formula is C16H16BrClO5. The Balaban J connectivity index is 3.34. The van der Waals surface area contributed by atoms with Crippen molar-refractivity contribution in [2.75, 3.05) is 19.5 Å². The van der Waals surface area contributed by atoms with E-state index in [1.165, 1.54) is 32.4 Å². The van der Waals surface area contributed by atoms with Crippen LogP contribution in [0.2, 0.25) is 5.02 Å². The molecule has 0 aliphatic carbocycles. The van der Waals surface area contributed by atoms with Crippen molar-refractivity contribution in [1.82, 2.24) is 0 Å². The van der Waals surface area contributed by atoms with Crippen LogP contribution in [0.1, 0.15) is 12.0 Å². The average molecular weight is 404 g/mol. The molecule has 0 bridgehead atoms. The fourth-order valence-corrected chi connectivity index (χ4v) is 2.53. The first-order valence-corrected chi connectivity index (χ1v) is 8.07. The predicted octanol–water partition coefficient (Wildman–Crippen LogP) is 2.71. The molecule has 23 heavy (non-hydrogen) atoms. The van der Waals surface area contributed by atoms with Crippen LogP contribution >= 0.6 is 27.5 Å². The SMILES string of the molecule is COC(=O)C(CC#CCBr)(Cc1ccc(O)cc1Cl)C(=O)OC. The van der Waals surface area contributed by atoms with Crippen molar-refractivity contribution in [2.45, 2.75) is 12.8 Å². The molecule has 124 valence electrons. The Labute approximate surface area is 148 Å². The topological polar surface area (TPSA) is 72.8 Å². The first kappa shape index (κ1) is 19.3. The van der Waals surface area contributed by atoms with E-state index in [0.717, 1.165) is 0 Å². The van der Waals surface area contributed by atoms with Crippen LogP contribution in [-0.2, 0) is 25.5 Å². The third-order valence-corrected chi connectivity index (χ3v) is 3.90. The van der Waals surface area contributed by atoms with Crippen LogP contribution in [0, 0.1) is 17.3 Å². The number of alkyl halides is 1. The molecule has 0 aliphatic heterocycles. The Hall–Kier alpha value is -1.71. The second-order valence-electron chi connectivity index (χ2n) is 4.68. The number of hydrogen-bond donors (Lipinski definition) is 1. The van der Waals surface area contributed by atoms with Gasteiger partial charge < -0.3 is 14.6 Å². The maximum absolute atomic E-state index is 12.3. The fourth-order valence-electron chi connectivity index (χ4n) is 2.09. The van der Waals surface area contributed by atoms with E-state index in [2.05, 4.69) is 27.8 Å². The summed E-state index contributed by atoms with van der Waals surface area (Å²) in [6.45, 7) is 0. The zero-order valence-electron chi connectivity index (χ0n) is 12.7. The summed E-state index contributed by atoms with van der Waals surface area (Å²) >= 11 is 9.24. The van der Waals surface area contributed by atoms with Crippen LogP contribution < -0.4 is 0 Å². The smallest absolute Gasteiger partial charge is 0.324 e. The molecule has 0 unspecified atom stereocenters. The molecule has 0 heterocycles. The van der Waals surface area contributed by atoms with Crippen molar-refractivity contribution in [3.63, 3.8) is 0 Å². The lowest BCUT2D eigenvalue weighted by Crippen LogP contribution is -2.43. The third-order valence-electron chi connectivity index (χ3n) is 3.26. The van der Waals surface area contributed by atoms with E-state index in [1.54, 1.807) is 0 Å². The van der Waals surface area contributed by atoms with Crippen LogP contribution in [0.15, 0.2) is 18.2 Å². The van der Waals surface area contributed by atoms with Gasteiger partial charge in [-0.3, -0.25) is 9.59 Å². The van der Waals surface area contributed by atoms with E-state index in [4.69, 9.17) is 21.1 Å². The van der Waals surface area contributed by atoms with E-state index >= 15 is 0 Å². The number of methoxy groups -OCH3 is 2. The number of phenolic OH excluding ortho intramolecular Hbond substituents is 1. The number of phenols is 1. The summed E-state index contributed by atoms with van der Waals surface area (Å²) in [4.78, 5) is 24.6. The summed E-state index contributed by atoms with van der Waals surface area (Å²) < 4.78 is 9.59. The minimum absolute atomic E-state index is 0.0143. The van der Waals surface area contributed by atoms with Gasteiger partial charge >= 0.3 is 11.9 Å². The summed E-state index contributed by atoms with van der Waals surface area (Å²) in [7, 11) is 2.38. The molecule has 1 rings (SSSR count). The highest BCUT2D eigenvalue weighted by atomic mass is 79.9. The minimum atomic E-state index is -1.63. The van der Waals surface area contributed by atoms with E-state index in [-0.39, 0.29) is 23.6 Å². The highest BCUT2D eigenvalue weighted by molar-refractivity contribution is 9.09. The van der Waals surface area contributed by atoms with E-state index in [9.17, 15) is 14.7 Å². The van der Waals surface area contributed by atoms with Crippen LogP contribution in [0.3, 0.4) is 0 Å². The van der Waals surface area contributed by atoms with Gasteiger partial charge in [-0.15, -0.1) is 5.92 Å². The summed E-state index contributed by atoms with van der Waals surface area (Å²) in [6.07, 6.45) is -0.127. The standard InChI is InChI=1S/C16H16BrClO5/c1-22-14(20)16(15(21)23-2,7-3-4-8-17)10-11-5-6-12(19)9-13(11)18/h5-6,9,19H,7-8,10H2,1-2H3. The van der Waals surface area contributed by atoms with E-state index < -0.39 is 17.4 Å². The van der Waals surface area contributed by atoms with E-state index in [1.807, 2.05) is 0 Å². The third kappa shape index (κ3) is 4.63. The number of carbonyl (C=O) groups is 2. The number of aromatic hydroxyl groups is 1. The van der Waals surface area contributed by atoms with Crippen molar-refractivity contribution in [3.8, 4) is 17.6 Å². The maximum Gasteiger partial charge on any atom is 0.324 e. The number of carbonyl (C=O) groups excluding carboxylic acids is 2. The monoisotopic (exact) mass is 402 g/mol. The Morgan fingerprint density at radius 1 is 1.26 bits per heavy atom. The largest absolute Gasteiger partial charge is 0.508 e. The first-order chi connectivity index (χ1) is 10.9. The van der Waals surface area contributed by atoms with Gasteiger partial charge in [0.15, 0.2) is 5.41 Å². The highest BCUT2D eigenvalue weighted by Crippen LogP contribution is 2.34. The van der Waals surface area contributed by atoms with Crippen molar-refractivity contribution in [3.05, 3.63) is 28.8 Å². The van der Waals surface area contributed by atoms with Gasteiger partial charge in [-0.1, -0.05) is 39.5 Å². The minimum Gasteiger partial charge on any atom is -0.508 e. The van der Waals surface area contributed by atoms with Crippen LogP contribution in [0.25, 0.3) is 0 Å². The lowest BCUT2D eigenvalue weighted by atomic mass is 9.78. The Bertz CT molecular complexity index is 632. The van der Waals surface area contributed by atoms with E-state index in [0.29, 0.717) is 10.9 Å². The maximum atomic E-state index is 12.3. The van der Waals surface area contributed by atoms with Crippen LogP contribution in [0.5, 0.6) is 5.75 Å². The van der Waals surface area contributed by atoms with Crippen molar-refractivity contribution in [1.29, 1.82) is 0 Å². The molecule has 0 atom stereocenters. The van der Waals surface area contributed by atoms with Crippen molar-refractivity contribution < 1.29 is 24.2 Å². The summed E-state index contributed by atoms with van der Waals surface area (Å²) in [5, 5.41) is 10.1. The highest BCUT2D eigenvalue weighted by Gasteiger charge is 2.48. The van der Waals surface area contributed by atoms with Crippen LogP contribution in [-0.4, -0.2) is 36.6 Å². The van der Waals surface area contributed by atoms with Crippen molar-refractivity contribution >= 4 is 39.5 Å². The summed E-state index contributed by atoms with van der Waals surface area (Å²) in [6, 6.07) is 4.29. The quantitative estimate of drug-likeness (QED) is 0.354. The normalized spacial score (nSPS) is 10.4. The molecule has 1 N–H and O–H groups in total. The average Bonchev–Trinajstić information content (AvgIpc) is 2.54. The number of hydrogen-bond acceptors (Lipinski definition) is 5. The molecule has 1 aromatic carbocycles. The lowest BCUT2D eigenvalue weighted by molar-refractivity contribution is -0.168. The predicted molar refractivity (Wildman–Crippen MR) is 89.5 cm³/mol. The molecule has 0 spiro atoms. The number of halogens is 2. The molecule has 5 nitrogen and oxygen atoms in total. The molecule has 0 amide bonds. The van der Waals surface area contributed by atoms with Crippen LogP contribution in [0.4, 0.5) is 0 Å². The molecule has 0 aliphatic rings. The van der Waals surface area contributed by atoms with Gasteiger partial charge in [0.25, 0.3) is 0 Å². The van der Waals surface area contributed by atoms with Gasteiger partial charge in [-0.05, 0) is 17.7 Å². The summed E-state index contributed by atoms with van der Waals surface area (Å²) in [5.74, 6) is 4.00. The Kier molecular flexibility index (Phi) is 7.40. The lowest BCUT2D eigenvalue weighted by Gasteiger charge is -2.26. The number of ether oxygens (including phenoxy) is 2. The fraction of sp³-hybridized carbons (Fsp3) is 0.375. The van der Waals surface area contributed by atoms with Gasteiger partial charge in [-0.25, -0.2) is 0 Å². The zero-order chi connectivity index (χ0) is 17.5. The molecular weight excluding hydrogens is 388 g/mol. The van der Waals surface area contributed by atoms with Gasteiger partial charge in [0.05, 0.1) is 19.5 Å². The zero-order valence-corrected chi connectivity index (χ0v) is 15.0.